The van der Waals surface area contributed by atoms with Crippen molar-refractivity contribution in [2.24, 2.45) is 5.41 Å². The van der Waals surface area contributed by atoms with Gasteiger partial charge in [0.15, 0.2) is 0 Å². The Morgan fingerprint density at radius 2 is 2.26 bits per heavy atom. The fourth-order valence-corrected chi connectivity index (χ4v) is 3.60. The van der Waals surface area contributed by atoms with Gasteiger partial charge in [-0.25, -0.2) is 0 Å². The smallest absolute Gasteiger partial charge is 0.230 e. The Balaban J connectivity index is 1.53. The van der Waals surface area contributed by atoms with Gasteiger partial charge in [-0.1, -0.05) is 0 Å². The Hall–Kier alpha value is -1.89. The second-order valence-electron chi connectivity index (χ2n) is 6.49. The summed E-state index contributed by atoms with van der Waals surface area (Å²) in [7, 11) is 1.65. The molecule has 2 fully saturated rings. The highest BCUT2D eigenvalue weighted by Gasteiger charge is 2.51. The third-order valence-corrected chi connectivity index (χ3v) is 5.06. The molecule has 0 saturated carbocycles. The predicted molar refractivity (Wildman–Crippen MR) is 83.6 cm³/mol. The van der Waals surface area contributed by atoms with E-state index >= 15 is 0 Å². The molecule has 0 bridgehead atoms. The van der Waals surface area contributed by atoms with Crippen LogP contribution >= 0.6 is 0 Å². The van der Waals surface area contributed by atoms with Gasteiger partial charge in [0.25, 0.3) is 0 Å². The number of hydrogen-bond acceptors (Lipinski definition) is 4. The standard InChI is InChI=1S/C16H24N4O3/c1-23-9-8-19-6-4-16(15(19)22)5-7-20(12-16)14(21)3-2-13-10-17-18-11-13/h10-11H,2-9,12H2,1H3,(H,17,18). The topological polar surface area (TPSA) is 78.5 Å². The molecule has 2 saturated heterocycles. The van der Waals surface area contributed by atoms with Crippen LogP contribution in [-0.4, -0.2) is 71.7 Å². The van der Waals surface area contributed by atoms with Crippen LogP contribution in [0.3, 0.4) is 0 Å². The van der Waals surface area contributed by atoms with E-state index in [2.05, 4.69) is 10.2 Å². The van der Waals surface area contributed by atoms with Crippen molar-refractivity contribution in [1.82, 2.24) is 20.0 Å². The van der Waals surface area contributed by atoms with Crippen LogP contribution < -0.4 is 0 Å². The predicted octanol–water partition coefficient (Wildman–Crippen LogP) is 0.440. The number of H-pyrrole nitrogens is 1. The van der Waals surface area contributed by atoms with Crippen LogP contribution in [0, 0.1) is 5.41 Å². The molecular formula is C16H24N4O3. The van der Waals surface area contributed by atoms with E-state index < -0.39 is 0 Å². The number of nitrogens with zero attached hydrogens (tertiary/aromatic N) is 3. The number of carbonyl (C=O) groups excluding carboxylic acids is 2. The molecule has 0 radical (unpaired) electrons. The fourth-order valence-electron chi connectivity index (χ4n) is 3.60. The van der Waals surface area contributed by atoms with Crippen LogP contribution in [0.15, 0.2) is 12.4 Å². The SMILES string of the molecule is COCCN1CCC2(CCN(C(=O)CCc3cn[nH]c3)C2)C1=O. The van der Waals surface area contributed by atoms with Gasteiger partial charge >= 0.3 is 0 Å². The molecule has 1 aromatic heterocycles. The average Bonchev–Trinajstić information content (AvgIpc) is 3.28. The van der Waals surface area contributed by atoms with Gasteiger partial charge in [0.1, 0.15) is 0 Å². The summed E-state index contributed by atoms with van der Waals surface area (Å²) in [6, 6.07) is 0. The molecule has 1 spiro atoms. The molecule has 1 atom stereocenters. The molecule has 0 aliphatic carbocycles. The molecule has 2 aliphatic rings. The van der Waals surface area contributed by atoms with E-state index in [0.717, 1.165) is 24.9 Å². The Morgan fingerprint density at radius 1 is 1.43 bits per heavy atom. The van der Waals surface area contributed by atoms with Gasteiger partial charge < -0.3 is 14.5 Å². The minimum Gasteiger partial charge on any atom is -0.383 e. The lowest BCUT2D eigenvalue weighted by atomic mass is 9.85. The monoisotopic (exact) mass is 320 g/mol. The van der Waals surface area contributed by atoms with E-state index in [1.807, 2.05) is 16.0 Å². The van der Waals surface area contributed by atoms with E-state index in [0.29, 0.717) is 39.1 Å². The highest BCUT2D eigenvalue weighted by atomic mass is 16.5. The molecule has 23 heavy (non-hydrogen) atoms. The van der Waals surface area contributed by atoms with Gasteiger partial charge in [-0.15, -0.1) is 0 Å². The molecule has 1 aromatic rings. The number of methoxy groups -OCH3 is 1. The van der Waals surface area contributed by atoms with E-state index in [9.17, 15) is 9.59 Å². The molecule has 3 heterocycles. The molecule has 7 nitrogen and oxygen atoms in total. The summed E-state index contributed by atoms with van der Waals surface area (Å²) in [4.78, 5) is 28.8. The Labute approximate surface area is 136 Å². The lowest BCUT2D eigenvalue weighted by Gasteiger charge is -2.23. The molecule has 1 N–H and O–H groups in total. The van der Waals surface area contributed by atoms with Gasteiger partial charge in [0, 0.05) is 45.9 Å². The molecule has 2 amide bonds. The zero-order valence-electron chi connectivity index (χ0n) is 13.6. The van der Waals surface area contributed by atoms with E-state index in [1.54, 1.807) is 13.3 Å². The minimum atomic E-state index is -0.348. The van der Waals surface area contributed by atoms with Crippen molar-refractivity contribution in [3.63, 3.8) is 0 Å². The van der Waals surface area contributed by atoms with E-state index in [-0.39, 0.29) is 17.2 Å². The van der Waals surface area contributed by atoms with Crippen LogP contribution in [0.25, 0.3) is 0 Å². The van der Waals surface area contributed by atoms with Gasteiger partial charge in [0.2, 0.25) is 11.8 Å². The quantitative estimate of drug-likeness (QED) is 0.825. The molecule has 7 heteroatoms. The van der Waals surface area contributed by atoms with E-state index in [1.165, 1.54) is 0 Å². The maximum Gasteiger partial charge on any atom is 0.230 e. The highest BCUT2D eigenvalue weighted by molar-refractivity contribution is 5.87. The number of carbonyl (C=O) groups is 2. The van der Waals surface area contributed by atoms with Crippen molar-refractivity contribution in [2.45, 2.75) is 25.7 Å². The lowest BCUT2D eigenvalue weighted by molar-refractivity contribution is -0.136. The second kappa shape index (κ2) is 6.70. The van der Waals surface area contributed by atoms with Crippen LogP contribution in [0.2, 0.25) is 0 Å². The van der Waals surface area contributed by atoms with Crippen LogP contribution in [-0.2, 0) is 20.7 Å². The highest BCUT2D eigenvalue weighted by Crippen LogP contribution is 2.40. The number of ether oxygens (including phenoxy) is 1. The molecular weight excluding hydrogens is 296 g/mol. The zero-order valence-corrected chi connectivity index (χ0v) is 13.6. The number of aromatic amines is 1. The largest absolute Gasteiger partial charge is 0.383 e. The number of amides is 2. The molecule has 3 rings (SSSR count). The number of aryl methyl sites for hydroxylation is 1. The summed E-state index contributed by atoms with van der Waals surface area (Å²) in [6.45, 7) is 3.24. The Bertz CT molecular complexity index is 560. The molecule has 0 aromatic carbocycles. The number of nitrogens with one attached hydrogen (secondary N) is 1. The summed E-state index contributed by atoms with van der Waals surface area (Å²) in [6.07, 6.45) is 6.34. The third kappa shape index (κ3) is 3.24. The second-order valence-corrected chi connectivity index (χ2v) is 6.49. The number of aromatic nitrogens is 2. The van der Waals surface area contributed by atoms with Gasteiger partial charge in [-0.05, 0) is 24.8 Å². The van der Waals surface area contributed by atoms with Crippen molar-refractivity contribution in [2.75, 3.05) is 39.9 Å². The van der Waals surface area contributed by atoms with Gasteiger partial charge in [0.05, 0.1) is 18.2 Å². The molecule has 2 aliphatic heterocycles. The Morgan fingerprint density at radius 3 is 3.00 bits per heavy atom. The van der Waals surface area contributed by atoms with Crippen molar-refractivity contribution < 1.29 is 14.3 Å². The Kier molecular flexibility index (Phi) is 4.66. The lowest BCUT2D eigenvalue weighted by Crippen LogP contribution is -2.39. The number of likely N-dealkylation sites (tertiary alicyclic amines) is 2. The summed E-state index contributed by atoms with van der Waals surface area (Å²) in [5.41, 5.74) is 0.689. The first kappa shape index (κ1) is 16.0. The maximum absolute atomic E-state index is 12.7. The minimum absolute atomic E-state index is 0.131. The summed E-state index contributed by atoms with van der Waals surface area (Å²) in [5, 5.41) is 6.64. The first-order valence-electron chi connectivity index (χ1n) is 8.18. The van der Waals surface area contributed by atoms with Crippen molar-refractivity contribution >= 4 is 11.8 Å². The maximum atomic E-state index is 12.7. The normalized spacial score (nSPS) is 24.1. The summed E-state index contributed by atoms with van der Waals surface area (Å²) >= 11 is 0. The first-order chi connectivity index (χ1) is 11.1. The van der Waals surface area contributed by atoms with E-state index in [4.69, 9.17) is 4.74 Å². The number of hydrogen-bond donors (Lipinski definition) is 1. The van der Waals surface area contributed by atoms with Crippen molar-refractivity contribution in [1.29, 1.82) is 0 Å². The molecule has 126 valence electrons. The van der Waals surface area contributed by atoms with Crippen LogP contribution in [0.1, 0.15) is 24.8 Å². The zero-order chi connectivity index (χ0) is 16.3. The summed E-state index contributed by atoms with van der Waals surface area (Å²) < 4.78 is 5.06. The van der Waals surface area contributed by atoms with Crippen LogP contribution in [0.5, 0.6) is 0 Å². The van der Waals surface area contributed by atoms with Crippen molar-refractivity contribution in [3.8, 4) is 0 Å². The third-order valence-electron chi connectivity index (χ3n) is 5.06. The van der Waals surface area contributed by atoms with Crippen LogP contribution in [0.4, 0.5) is 0 Å². The molecule has 1 unspecified atom stereocenters. The first-order valence-corrected chi connectivity index (χ1v) is 8.18. The average molecular weight is 320 g/mol. The van der Waals surface area contributed by atoms with Gasteiger partial charge in [-0.3, -0.25) is 14.7 Å². The summed E-state index contributed by atoms with van der Waals surface area (Å²) in [5.74, 6) is 0.325. The number of rotatable bonds is 6. The van der Waals surface area contributed by atoms with Gasteiger partial charge in [-0.2, -0.15) is 5.10 Å². The van der Waals surface area contributed by atoms with Crippen molar-refractivity contribution in [3.05, 3.63) is 18.0 Å². The fraction of sp³-hybridized carbons (Fsp3) is 0.688.